The van der Waals surface area contributed by atoms with Gasteiger partial charge < -0.3 is 20.7 Å². The fourth-order valence-corrected chi connectivity index (χ4v) is 1.60. The number of hydrogen-bond donors (Lipinski definition) is 3. The molecule has 0 aromatic rings. The zero-order valence-corrected chi connectivity index (χ0v) is 16.8. The molecule has 0 saturated heterocycles. The zero-order chi connectivity index (χ0) is 15.4. The van der Waals surface area contributed by atoms with Crippen LogP contribution in [-0.2, 0) is 4.74 Å². The standard InChI is InChI=1S/C13H28N4O2S.HI/c1-13(2,3)19-12(18)17-8-6-7-15-11(14-4)16-9-10-20-5;/h6-10H2,1-5H3,(H,17,18)(H2,14,15,16);1H. The number of guanidine groups is 1. The third-order valence-electron chi connectivity index (χ3n) is 2.14. The molecule has 0 aliphatic rings. The van der Waals surface area contributed by atoms with E-state index in [-0.39, 0.29) is 30.1 Å². The number of aliphatic imine (C=N–C) groups is 1. The van der Waals surface area contributed by atoms with E-state index in [9.17, 15) is 4.79 Å². The Morgan fingerprint density at radius 2 is 1.71 bits per heavy atom. The van der Waals surface area contributed by atoms with Crippen molar-refractivity contribution in [1.29, 1.82) is 0 Å². The van der Waals surface area contributed by atoms with E-state index in [0.717, 1.165) is 31.2 Å². The first-order valence-electron chi connectivity index (χ1n) is 6.79. The third kappa shape index (κ3) is 15.8. The first-order chi connectivity index (χ1) is 9.39. The summed E-state index contributed by atoms with van der Waals surface area (Å²) in [5.41, 5.74) is -0.453. The molecule has 0 fully saturated rings. The van der Waals surface area contributed by atoms with Crippen molar-refractivity contribution in [3.63, 3.8) is 0 Å². The zero-order valence-electron chi connectivity index (χ0n) is 13.6. The van der Waals surface area contributed by atoms with Crippen molar-refractivity contribution in [2.24, 2.45) is 4.99 Å². The van der Waals surface area contributed by atoms with Crippen molar-refractivity contribution in [3.8, 4) is 0 Å². The molecule has 3 N–H and O–H groups in total. The lowest BCUT2D eigenvalue weighted by atomic mass is 10.2. The SMILES string of the molecule is CN=C(NCCCNC(=O)OC(C)(C)C)NCCSC.I. The van der Waals surface area contributed by atoms with Crippen molar-refractivity contribution < 1.29 is 9.53 Å². The molecule has 0 radical (unpaired) electrons. The number of rotatable bonds is 7. The number of halogens is 1. The minimum Gasteiger partial charge on any atom is -0.444 e. The van der Waals surface area contributed by atoms with Crippen LogP contribution < -0.4 is 16.0 Å². The molecule has 0 atom stereocenters. The predicted molar refractivity (Wildman–Crippen MR) is 102 cm³/mol. The number of hydrogen-bond acceptors (Lipinski definition) is 4. The summed E-state index contributed by atoms with van der Waals surface area (Å²) < 4.78 is 5.14. The Hall–Kier alpha value is -0.380. The van der Waals surface area contributed by atoms with E-state index in [1.54, 1.807) is 18.8 Å². The average molecular weight is 432 g/mol. The molecule has 21 heavy (non-hydrogen) atoms. The molecule has 126 valence electrons. The van der Waals surface area contributed by atoms with Gasteiger partial charge in [-0.15, -0.1) is 24.0 Å². The van der Waals surface area contributed by atoms with Crippen LogP contribution in [0, 0.1) is 0 Å². The van der Waals surface area contributed by atoms with E-state index in [1.165, 1.54) is 0 Å². The Bertz CT molecular complexity index is 309. The molecule has 0 rings (SSSR count). The number of carbonyl (C=O) groups is 1. The molecular weight excluding hydrogens is 403 g/mol. The van der Waals surface area contributed by atoms with Crippen LogP contribution in [0.1, 0.15) is 27.2 Å². The molecule has 0 bridgehead atoms. The second kappa shape index (κ2) is 13.3. The van der Waals surface area contributed by atoms with Crippen LogP contribution in [0.5, 0.6) is 0 Å². The van der Waals surface area contributed by atoms with Gasteiger partial charge in [0, 0.05) is 32.4 Å². The van der Waals surface area contributed by atoms with Gasteiger partial charge in [0.05, 0.1) is 0 Å². The Morgan fingerprint density at radius 1 is 1.14 bits per heavy atom. The van der Waals surface area contributed by atoms with Crippen LogP contribution in [0.4, 0.5) is 4.79 Å². The molecule has 8 heteroatoms. The fourth-order valence-electron chi connectivity index (χ4n) is 1.29. The minimum atomic E-state index is -0.453. The molecule has 0 aromatic carbocycles. The first kappa shape index (κ1) is 22.9. The van der Waals surface area contributed by atoms with Gasteiger partial charge in [-0.2, -0.15) is 11.8 Å². The number of alkyl carbamates (subject to hydrolysis) is 1. The van der Waals surface area contributed by atoms with Crippen LogP contribution in [0.25, 0.3) is 0 Å². The van der Waals surface area contributed by atoms with Gasteiger partial charge in [0.15, 0.2) is 5.96 Å². The lowest BCUT2D eigenvalue weighted by Crippen LogP contribution is -2.40. The van der Waals surface area contributed by atoms with Crippen molar-refractivity contribution >= 4 is 47.8 Å². The highest BCUT2D eigenvalue weighted by atomic mass is 127. The normalized spacial score (nSPS) is 11.4. The maximum Gasteiger partial charge on any atom is 0.407 e. The van der Waals surface area contributed by atoms with Crippen LogP contribution >= 0.6 is 35.7 Å². The molecule has 0 aromatic heterocycles. The number of ether oxygens (including phenoxy) is 1. The molecule has 0 aliphatic heterocycles. The largest absolute Gasteiger partial charge is 0.444 e. The maximum atomic E-state index is 11.4. The van der Waals surface area contributed by atoms with Crippen LogP contribution in [0.2, 0.25) is 0 Å². The molecule has 6 nitrogen and oxygen atoms in total. The highest BCUT2D eigenvalue weighted by Crippen LogP contribution is 2.06. The summed E-state index contributed by atoms with van der Waals surface area (Å²) in [4.78, 5) is 15.5. The number of nitrogens with zero attached hydrogens (tertiary/aromatic N) is 1. The summed E-state index contributed by atoms with van der Waals surface area (Å²) in [7, 11) is 1.74. The molecule has 0 spiro atoms. The van der Waals surface area contributed by atoms with Crippen molar-refractivity contribution in [1.82, 2.24) is 16.0 Å². The minimum absolute atomic E-state index is 0. The van der Waals surface area contributed by atoms with Crippen molar-refractivity contribution in [2.75, 3.05) is 38.7 Å². The van der Waals surface area contributed by atoms with E-state index in [2.05, 4.69) is 27.2 Å². The van der Waals surface area contributed by atoms with Gasteiger partial charge in [-0.25, -0.2) is 4.79 Å². The Morgan fingerprint density at radius 3 is 2.24 bits per heavy atom. The van der Waals surface area contributed by atoms with Gasteiger partial charge in [-0.1, -0.05) is 0 Å². The molecule has 1 amide bonds. The second-order valence-corrected chi connectivity index (χ2v) is 6.19. The highest BCUT2D eigenvalue weighted by molar-refractivity contribution is 14.0. The van der Waals surface area contributed by atoms with Crippen LogP contribution in [0.3, 0.4) is 0 Å². The summed E-state index contributed by atoms with van der Waals surface area (Å²) in [5.74, 6) is 1.83. The number of carbonyl (C=O) groups excluding carboxylic acids is 1. The van der Waals surface area contributed by atoms with Gasteiger partial charge in [0.2, 0.25) is 0 Å². The Labute approximate surface area is 149 Å². The van der Waals surface area contributed by atoms with Gasteiger partial charge in [0.25, 0.3) is 0 Å². The summed E-state index contributed by atoms with van der Waals surface area (Å²) in [6.45, 7) is 7.74. The number of amides is 1. The molecule has 0 unspecified atom stereocenters. The van der Waals surface area contributed by atoms with Gasteiger partial charge in [-0.3, -0.25) is 4.99 Å². The lowest BCUT2D eigenvalue weighted by Gasteiger charge is -2.19. The predicted octanol–water partition coefficient (Wildman–Crippen LogP) is 2.05. The van der Waals surface area contributed by atoms with Crippen LogP contribution in [0.15, 0.2) is 4.99 Å². The van der Waals surface area contributed by atoms with Gasteiger partial charge in [0.1, 0.15) is 5.60 Å². The maximum absolute atomic E-state index is 11.4. The second-order valence-electron chi connectivity index (χ2n) is 5.20. The third-order valence-corrected chi connectivity index (χ3v) is 2.75. The summed E-state index contributed by atoms with van der Waals surface area (Å²) in [6, 6.07) is 0. The number of thioether (sulfide) groups is 1. The smallest absolute Gasteiger partial charge is 0.407 e. The van der Waals surface area contributed by atoms with E-state index in [0.29, 0.717) is 6.54 Å². The molecule has 0 heterocycles. The fraction of sp³-hybridized carbons (Fsp3) is 0.846. The highest BCUT2D eigenvalue weighted by Gasteiger charge is 2.15. The quantitative estimate of drug-likeness (QED) is 0.249. The van der Waals surface area contributed by atoms with E-state index in [4.69, 9.17) is 4.74 Å². The first-order valence-corrected chi connectivity index (χ1v) is 8.18. The van der Waals surface area contributed by atoms with Gasteiger partial charge >= 0.3 is 6.09 Å². The summed E-state index contributed by atoms with van der Waals surface area (Å²) >= 11 is 1.79. The Balaban J connectivity index is 0. The average Bonchev–Trinajstić information content (AvgIpc) is 2.34. The van der Waals surface area contributed by atoms with Gasteiger partial charge in [-0.05, 0) is 33.4 Å². The molecular formula is C13H29IN4O2S. The summed E-state index contributed by atoms with van der Waals surface area (Å²) in [5, 5.41) is 9.11. The molecule has 0 saturated carbocycles. The number of nitrogens with one attached hydrogen (secondary N) is 3. The van der Waals surface area contributed by atoms with Crippen molar-refractivity contribution in [3.05, 3.63) is 0 Å². The van der Waals surface area contributed by atoms with E-state index < -0.39 is 5.60 Å². The molecule has 0 aliphatic carbocycles. The van der Waals surface area contributed by atoms with Crippen molar-refractivity contribution in [2.45, 2.75) is 32.8 Å². The van der Waals surface area contributed by atoms with E-state index >= 15 is 0 Å². The Kier molecular flexibility index (Phi) is 14.5. The topological polar surface area (TPSA) is 74.8 Å². The summed E-state index contributed by atoms with van der Waals surface area (Å²) in [6.07, 6.45) is 2.50. The van der Waals surface area contributed by atoms with E-state index in [1.807, 2.05) is 20.8 Å². The lowest BCUT2D eigenvalue weighted by molar-refractivity contribution is 0.0527. The van der Waals surface area contributed by atoms with Crippen LogP contribution in [-0.4, -0.2) is 56.3 Å². The monoisotopic (exact) mass is 432 g/mol.